The molecule has 0 saturated heterocycles. The second kappa shape index (κ2) is 9.02. The molecule has 2 N–H and O–H groups in total. The van der Waals surface area contributed by atoms with Gasteiger partial charge in [-0.05, 0) is 42.9 Å². The summed E-state index contributed by atoms with van der Waals surface area (Å²) in [6.07, 6.45) is 1.48. The van der Waals surface area contributed by atoms with Crippen LogP contribution in [0.5, 0.6) is 0 Å². The predicted octanol–water partition coefficient (Wildman–Crippen LogP) is 3.30. The van der Waals surface area contributed by atoms with E-state index >= 15 is 0 Å². The van der Waals surface area contributed by atoms with Crippen molar-refractivity contribution in [1.29, 1.82) is 0 Å². The topological polar surface area (TPSA) is 66.4 Å². The van der Waals surface area contributed by atoms with Crippen molar-refractivity contribution in [1.82, 2.24) is 5.32 Å². The van der Waals surface area contributed by atoms with Crippen LogP contribution in [0.4, 0.5) is 0 Å². The fourth-order valence-electron chi connectivity index (χ4n) is 1.56. The molecule has 0 fully saturated rings. The Labute approximate surface area is 131 Å². The molecule has 4 nitrogen and oxygen atoms in total. The van der Waals surface area contributed by atoms with Crippen LogP contribution >= 0.6 is 27.7 Å². The molecule has 0 heterocycles. The van der Waals surface area contributed by atoms with Crippen molar-refractivity contribution in [2.75, 3.05) is 5.75 Å². The fraction of sp³-hybridized carbons (Fsp3) is 0.429. The summed E-state index contributed by atoms with van der Waals surface area (Å²) in [5.41, 5.74) is 0. The number of aliphatic carboxylic acids is 1. The third kappa shape index (κ3) is 6.43. The van der Waals surface area contributed by atoms with Gasteiger partial charge in [-0.3, -0.25) is 4.79 Å². The molecule has 1 amide bonds. The van der Waals surface area contributed by atoms with Crippen molar-refractivity contribution in [3.63, 3.8) is 0 Å². The van der Waals surface area contributed by atoms with E-state index in [1.165, 1.54) is 0 Å². The standard InChI is InChI=1S/C14H18BrNO3S/c1-2-12(14(18)19)16-13(17)4-3-9-20-11-7-5-10(15)6-8-11/h5-8,12H,2-4,9H2,1H3,(H,16,17)(H,18,19). The number of rotatable bonds is 8. The van der Waals surface area contributed by atoms with Crippen LogP contribution < -0.4 is 5.32 Å². The van der Waals surface area contributed by atoms with Gasteiger partial charge in [-0.15, -0.1) is 11.8 Å². The summed E-state index contributed by atoms with van der Waals surface area (Å²) >= 11 is 5.06. The van der Waals surface area contributed by atoms with Gasteiger partial charge >= 0.3 is 5.97 Å². The lowest BCUT2D eigenvalue weighted by molar-refractivity contribution is -0.141. The van der Waals surface area contributed by atoms with Crippen LogP contribution in [0, 0.1) is 0 Å². The Balaban J connectivity index is 2.22. The molecule has 0 radical (unpaired) electrons. The van der Waals surface area contributed by atoms with Gasteiger partial charge in [0.25, 0.3) is 0 Å². The number of thioether (sulfide) groups is 1. The number of benzene rings is 1. The molecule has 20 heavy (non-hydrogen) atoms. The average molecular weight is 360 g/mol. The van der Waals surface area contributed by atoms with Crippen molar-refractivity contribution in [3.05, 3.63) is 28.7 Å². The van der Waals surface area contributed by atoms with Gasteiger partial charge in [-0.25, -0.2) is 4.79 Å². The summed E-state index contributed by atoms with van der Waals surface area (Å²) in [7, 11) is 0. The molecule has 1 atom stereocenters. The lowest BCUT2D eigenvalue weighted by atomic mass is 10.2. The zero-order valence-corrected chi connectivity index (χ0v) is 13.7. The van der Waals surface area contributed by atoms with Crippen LogP contribution in [0.15, 0.2) is 33.6 Å². The summed E-state index contributed by atoms with van der Waals surface area (Å²) < 4.78 is 1.04. The van der Waals surface area contributed by atoms with Gasteiger partial charge < -0.3 is 10.4 Å². The van der Waals surface area contributed by atoms with E-state index in [9.17, 15) is 9.59 Å². The Kier molecular flexibility index (Phi) is 7.69. The van der Waals surface area contributed by atoms with Gasteiger partial charge in [0.05, 0.1) is 0 Å². The second-order valence-electron chi connectivity index (χ2n) is 4.27. The number of carbonyl (C=O) groups is 2. The van der Waals surface area contributed by atoms with Gasteiger partial charge in [0.15, 0.2) is 0 Å². The summed E-state index contributed by atoms with van der Waals surface area (Å²) in [6, 6.07) is 7.22. The minimum Gasteiger partial charge on any atom is -0.480 e. The van der Waals surface area contributed by atoms with Crippen molar-refractivity contribution in [3.8, 4) is 0 Å². The maximum Gasteiger partial charge on any atom is 0.326 e. The van der Waals surface area contributed by atoms with Crippen molar-refractivity contribution >= 4 is 39.6 Å². The predicted molar refractivity (Wildman–Crippen MR) is 84.0 cm³/mol. The van der Waals surface area contributed by atoms with E-state index in [0.29, 0.717) is 12.8 Å². The molecule has 1 aromatic rings. The molecule has 0 aliphatic carbocycles. The molecule has 1 unspecified atom stereocenters. The first-order valence-corrected chi connectivity index (χ1v) is 8.21. The zero-order valence-electron chi connectivity index (χ0n) is 11.3. The number of nitrogens with one attached hydrogen (secondary N) is 1. The summed E-state index contributed by atoms with van der Waals surface area (Å²) in [4.78, 5) is 23.5. The highest BCUT2D eigenvalue weighted by Gasteiger charge is 2.16. The van der Waals surface area contributed by atoms with E-state index in [-0.39, 0.29) is 5.91 Å². The SMILES string of the molecule is CCC(NC(=O)CCCSc1ccc(Br)cc1)C(=O)O. The first-order valence-electron chi connectivity index (χ1n) is 6.43. The quantitative estimate of drug-likeness (QED) is 0.552. The number of carboxylic acid groups (broad SMARTS) is 1. The normalized spacial score (nSPS) is 11.9. The molecular weight excluding hydrogens is 342 g/mol. The van der Waals surface area contributed by atoms with Gasteiger partial charge in [-0.2, -0.15) is 0 Å². The van der Waals surface area contributed by atoms with E-state index in [1.807, 2.05) is 24.3 Å². The number of hydrogen-bond acceptors (Lipinski definition) is 3. The number of halogens is 1. The van der Waals surface area contributed by atoms with Gasteiger partial charge in [0.2, 0.25) is 5.91 Å². The largest absolute Gasteiger partial charge is 0.480 e. The number of carboxylic acids is 1. The Morgan fingerprint density at radius 3 is 2.55 bits per heavy atom. The summed E-state index contributed by atoms with van der Waals surface area (Å²) in [6.45, 7) is 1.74. The summed E-state index contributed by atoms with van der Waals surface area (Å²) in [5.74, 6) is -0.348. The van der Waals surface area contributed by atoms with Crippen LogP contribution in [0.3, 0.4) is 0 Å². The first kappa shape index (κ1) is 17.0. The third-order valence-electron chi connectivity index (χ3n) is 2.67. The number of amides is 1. The molecule has 6 heteroatoms. The Morgan fingerprint density at radius 1 is 1.35 bits per heavy atom. The van der Waals surface area contributed by atoms with Crippen molar-refractivity contribution in [2.24, 2.45) is 0 Å². The number of carbonyl (C=O) groups excluding carboxylic acids is 1. The van der Waals surface area contributed by atoms with Crippen LogP contribution in [0.25, 0.3) is 0 Å². The molecule has 1 rings (SSSR count). The maximum atomic E-state index is 11.6. The lowest BCUT2D eigenvalue weighted by Crippen LogP contribution is -2.40. The highest BCUT2D eigenvalue weighted by molar-refractivity contribution is 9.10. The molecule has 0 spiro atoms. The van der Waals surface area contributed by atoms with E-state index in [0.717, 1.165) is 21.5 Å². The van der Waals surface area contributed by atoms with Crippen LogP contribution in [0.1, 0.15) is 26.2 Å². The smallest absolute Gasteiger partial charge is 0.326 e. The molecular formula is C14H18BrNO3S. The van der Waals surface area contributed by atoms with E-state index in [1.54, 1.807) is 18.7 Å². The first-order chi connectivity index (χ1) is 9.52. The van der Waals surface area contributed by atoms with Crippen molar-refractivity contribution < 1.29 is 14.7 Å². The lowest BCUT2D eigenvalue weighted by Gasteiger charge is -2.11. The highest BCUT2D eigenvalue weighted by Crippen LogP contribution is 2.21. The Hall–Kier alpha value is -1.01. The Bertz CT molecular complexity index is 450. The summed E-state index contributed by atoms with van der Waals surface area (Å²) in [5, 5.41) is 11.4. The molecule has 0 aliphatic rings. The van der Waals surface area contributed by atoms with E-state index < -0.39 is 12.0 Å². The minimum atomic E-state index is -0.981. The molecule has 110 valence electrons. The van der Waals surface area contributed by atoms with Crippen LogP contribution in [-0.2, 0) is 9.59 Å². The second-order valence-corrected chi connectivity index (χ2v) is 6.36. The van der Waals surface area contributed by atoms with Gasteiger partial charge in [-0.1, -0.05) is 22.9 Å². The van der Waals surface area contributed by atoms with E-state index in [2.05, 4.69) is 21.2 Å². The maximum absolute atomic E-state index is 11.6. The Morgan fingerprint density at radius 2 is 2.00 bits per heavy atom. The molecule has 0 bridgehead atoms. The zero-order chi connectivity index (χ0) is 15.0. The molecule has 0 aromatic heterocycles. The molecule has 0 saturated carbocycles. The van der Waals surface area contributed by atoms with E-state index in [4.69, 9.17) is 5.11 Å². The van der Waals surface area contributed by atoms with Crippen LogP contribution in [0.2, 0.25) is 0 Å². The van der Waals surface area contributed by atoms with Crippen molar-refractivity contribution in [2.45, 2.75) is 37.1 Å². The number of hydrogen-bond donors (Lipinski definition) is 2. The third-order valence-corrected chi connectivity index (χ3v) is 4.30. The monoisotopic (exact) mass is 359 g/mol. The minimum absolute atomic E-state index is 0.198. The molecule has 1 aromatic carbocycles. The van der Waals surface area contributed by atoms with Gasteiger partial charge in [0.1, 0.15) is 6.04 Å². The van der Waals surface area contributed by atoms with Gasteiger partial charge in [0, 0.05) is 15.8 Å². The van der Waals surface area contributed by atoms with Crippen LogP contribution in [-0.4, -0.2) is 28.8 Å². The molecule has 0 aliphatic heterocycles. The highest BCUT2D eigenvalue weighted by atomic mass is 79.9. The average Bonchev–Trinajstić information content (AvgIpc) is 2.42. The fourth-order valence-corrected chi connectivity index (χ4v) is 2.68.